The number of carbonyl (C=O) groups excluding carboxylic acids is 2. The van der Waals surface area contributed by atoms with E-state index in [1.165, 1.54) is 6.42 Å². The highest BCUT2D eigenvalue weighted by Gasteiger charge is 2.37. The van der Waals surface area contributed by atoms with Gasteiger partial charge in [0.25, 0.3) is 5.91 Å². The Morgan fingerprint density at radius 2 is 1.94 bits per heavy atom. The fourth-order valence-electron chi connectivity index (χ4n) is 4.70. The Kier molecular flexibility index (Phi) is 7.04. The molecule has 2 amide bonds. The number of rotatable bonds is 5. The molecule has 0 N–H and O–H groups in total. The van der Waals surface area contributed by atoms with Crippen LogP contribution < -0.4 is 4.74 Å². The molecule has 172 valence electrons. The van der Waals surface area contributed by atoms with Crippen LogP contribution in [0.25, 0.3) is 0 Å². The molecular formula is C24H30ClN3O4. The van der Waals surface area contributed by atoms with E-state index in [2.05, 4.69) is 5.16 Å². The molecule has 2 aliphatic rings. The van der Waals surface area contributed by atoms with Crippen LogP contribution in [0.2, 0.25) is 5.02 Å². The third kappa shape index (κ3) is 5.09. The maximum Gasteiger partial charge on any atom is 0.259 e. The molecule has 0 unspecified atom stereocenters. The minimum Gasteiger partial charge on any atom is -0.490 e. The number of piperidine rings is 2. The molecule has 0 saturated carbocycles. The SMILES string of the molecule is Cc1noc(C)c1C(=O)N1CC[C@H](Oc2cccc(Cl)c2)[C@@H](CC(=O)N2CCCCC2)C1. The fraction of sp³-hybridized carbons (Fsp3) is 0.542. The van der Waals surface area contributed by atoms with E-state index < -0.39 is 0 Å². The zero-order valence-electron chi connectivity index (χ0n) is 18.7. The van der Waals surface area contributed by atoms with E-state index >= 15 is 0 Å². The quantitative estimate of drug-likeness (QED) is 0.667. The summed E-state index contributed by atoms with van der Waals surface area (Å²) in [4.78, 5) is 30.0. The minimum absolute atomic E-state index is 0.0992. The first-order chi connectivity index (χ1) is 15.4. The molecule has 0 aliphatic carbocycles. The van der Waals surface area contributed by atoms with Crippen LogP contribution in [0, 0.1) is 19.8 Å². The third-order valence-corrected chi connectivity index (χ3v) is 6.66. The lowest BCUT2D eigenvalue weighted by Gasteiger charge is -2.39. The number of nitrogens with zero attached hydrogens (tertiary/aromatic N) is 3. The molecule has 1 aromatic heterocycles. The Hall–Kier alpha value is -2.54. The third-order valence-electron chi connectivity index (χ3n) is 6.43. The van der Waals surface area contributed by atoms with Crippen molar-refractivity contribution in [2.45, 2.75) is 52.1 Å². The molecule has 0 spiro atoms. The number of amides is 2. The predicted molar refractivity (Wildman–Crippen MR) is 121 cm³/mol. The van der Waals surface area contributed by atoms with Crippen molar-refractivity contribution in [1.29, 1.82) is 0 Å². The summed E-state index contributed by atoms with van der Waals surface area (Å²) >= 11 is 6.13. The second kappa shape index (κ2) is 9.94. The van der Waals surface area contributed by atoms with Gasteiger partial charge in [-0.3, -0.25) is 9.59 Å². The van der Waals surface area contributed by atoms with Crippen LogP contribution in [-0.2, 0) is 4.79 Å². The van der Waals surface area contributed by atoms with Crippen molar-refractivity contribution < 1.29 is 18.8 Å². The lowest BCUT2D eigenvalue weighted by atomic mass is 9.90. The lowest BCUT2D eigenvalue weighted by Crippen LogP contribution is -2.50. The van der Waals surface area contributed by atoms with Crippen LogP contribution in [0.5, 0.6) is 5.75 Å². The molecule has 8 heteroatoms. The van der Waals surface area contributed by atoms with E-state index in [0.717, 1.165) is 25.9 Å². The van der Waals surface area contributed by atoms with Crippen molar-refractivity contribution in [2.75, 3.05) is 26.2 Å². The minimum atomic E-state index is -0.170. The molecule has 0 radical (unpaired) electrons. The van der Waals surface area contributed by atoms with Crippen LogP contribution >= 0.6 is 11.6 Å². The van der Waals surface area contributed by atoms with Gasteiger partial charge in [-0.05, 0) is 51.3 Å². The maximum atomic E-state index is 13.2. The molecule has 3 heterocycles. The molecule has 0 bridgehead atoms. The van der Waals surface area contributed by atoms with Crippen molar-refractivity contribution in [3.05, 3.63) is 46.3 Å². The Bertz CT molecular complexity index is 950. The molecule has 2 saturated heterocycles. The van der Waals surface area contributed by atoms with Crippen LogP contribution in [0.4, 0.5) is 0 Å². The smallest absolute Gasteiger partial charge is 0.259 e. The van der Waals surface area contributed by atoms with Gasteiger partial charge >= 0.3 is 0 Å². The largest absolute Gasteiger partial charge is 0.490 e. The molecule has 1 aromatic carbocycles. The summed E-state index contributed by atoms with van der Waals surface area (Å²) in [5.41, 5.74) is 1.10. The van der Waals surface area contributed by atoms with Crippen LogP contribution in [0.1, 0.15) is 53.9 Å². The number of halogens is 1. The highest BCUT2D eigenvalue weighted by Crippen LogP contribution is 2.29. The topological polar surface area (TPSA) is 75.9 Å². The maximum absolute atomic E-state index is 13.2. The summed E-state index contributed by atoms with van der Waals surface area (Å²) < 4.78 is 11.5. The van der Waals surface area contributed by atoms with E-state index in [-0.39, 0.29) is 23.8 Å². The van der Waals surface area contributed by atoms with Gasteiger partial charge in [-0.1, -0.05) is 22.8 Å². The molecule has 2 fully saturated rings. The highest BCUT2D eigenvalue weighted by molar-refractivity contribution is 6.30. The fourth-order valence-corrected chi connectivity index (χ4v) is 4.88. The zero-order valence-corrected chi connectivity index (χ0v) is 19.4. The van der Waals surface area contributed by atoms with E-state index in [1.807, 2.05) is 17.0 Å². The van der Waals surface area contributed by atoms with E-state index in [4.69, 9.17) is 20.9 Å². The van der Waals surface area contributed by atoms with Gasteiger partial charge in [0, 0.05) is 50.0 Å². The Labute approximate surface area is 193 Å². The standard InChI is InChI=1S/C24H30ClN3O4/c1-16-23(17(2)32-26-16)24(30)28-12-9-21(31-20-8-6-7-19(25)14-20)18(15-28)13-22(29)27-10-4-3-5-11-27/h6-8,14,18,21H,3-5,9-13,15H2,1-2H3/t18-,21-/m0/s1. The summed E-state index contributed by atoms with van der Waals surface area (Å²) in [5, 5.41) is 4.53. The first-order valence-corrected chi connectivity index (χ1v) is 11.7. The summed E-state index contributed by atoms with van der Waals surface area (Å²) in [5.74, 6) is 1.13. The van der Waals surface area contributed by atoms with Gasteiger partial charge in [0.1, 0.15) is 23.2 Å². The van der Waals surface area contributed by atoms with Crippen molar-refractivity contribution in [3.63, 3.8) is 0 Å². The molecule has 2 atom stereocenters. The number of hydrogen-bond acceptors (Lipinski definition) is 5. The lowest BCUT2D eigenvalue weighted by molar-refractivity contribution is -0.134. The number of ether oxygens (including phenoxy) is 1. The number of aryl methyl sites for hydroxylation is 2. The van der Waals surface area contributed by atoms with Gasteiger partial charge in [-0.25, -0.2) is 0 Å². The molecule has 7 nitrogen and oxygen atoms in total. The van der Waals surface area contributed by atoms with Gasteiger partial charge in [-0.2, -0.15) is 0 Å². The zero-order chi connectivity index (χ0) is 22.7. The van der Waals surface area contributed by atoms with Crippen LogP contribution in [0.15, 0.2) is 28.8 Å². The van der Waals surface area contributed by atoms with Gasteiger partial charge in [-0.15, -0.1) is 0 Å². The summed E-state index contributed by atoms with van der Waals surface area (Å²) in [6, 6.07) is 7.31. The Balaban J connectivity index is 1.51. The summed E-state index contributed by atoms with van der Waals surface area (Å²) in [6.45, 7) is 6.14. The number of benzene rings is 1. The average molecular weight is 460 g/mol. The molecule has 32 heavy (non-hydrogen) atoms. The number of aromatic nitrogens is 1. The predicted octanol–water partition coefficient (Wildman–Crippen LogP) is 4.26. The van der Waals surface area contributed by atoms with E-state index in [1.54, 1.807) is 30.9 Å². The second-order valence-corrected chi connectivity index (χ2v) is 9.19. The second-order valence-electron chi connectivity index (χ2n) is 8.76. The van der Waals surface area contributed by atoms with Crippen molar-refractivity contribution >= 4 is 23.4 Å². The highest BCUT2D eigenvalue weighted by atomic mass is 35.5. The molecule has 2 aliphatic heterocycles. The van der Waals surface area contributed by atoms with Crippen molar-refractivity contribution in [1.82, 2.24) is 15.0 Å². The normalized spacial score (nSPS) is 21.5. The van der Waals surface area contributed by atoms with Crippen molar-refractivity contribution in [2.24, 2.45) is 5.92 Å². The Morgan fingerprint density at radius 3 is 2.62 bits per heavy atom. The molecular weight excluding hydrogens is 430 g/mol. The number of carbonyl (C=O) groups is 2. The van der Waals surface area contributed by atoms with E-state index in [0.29, 0.717) is 53.7 Å². The summed E-state index contributed by atoms with van der Waals surface area (Å²) in [6.07, 6.45) is 4.10. The van der Waals surface area contributed by atoms with Gasteiger partial charge in [0.15, 0.2) is 0 Å². The average Bonchev–Trinajstić information content (AvgIpc) is 3.13. The number of likely N-dealkylation sites (tertiary alicyclic amines) is 2. The summed E-state index contributed by atoms with van der Waals surface area (Å²) in [7, 11) is 0. The molecule has 2 aromatic rings. The van der Waals surface area contributed by atoms with Gasteiger partial charge in [0.05, 0.1) is 5.69 Å². The first kappa shape index (κ1) is 22.6. The van der Waals surface area contributed by atoms with Crippen LogP contribution in [0.3, 0.4) is 0 Å². The van der Waals surface area contributed by atoms with Gasteiger partial charge < -0.3 is 19.1 Å². The van der Waals surface area contributed by atoms with Crippen LogP contribution in [-0.4, -0.2) is 59.1 Å². The van der Waals surface area contributed by atoms with E-state index in [9.17, 15) is 9.59 Å². The Morgan fingerprint density at radius 1 is 1.16 bits per heavy atom. The van der Waals surface area contributed by atoms with Gasteiger partial charge in [0.2, 0.25) is 5.91 Å². The monoisotopic (exact) mass is 459 g/mol. The first-order valence-electron chi connectivity index (χ1n) is 11.3. The molecule has 4 rings (SSSR count). The van der Waals surface area contributed by atoms with Crippen molar-refractivity contribution in [3.8, 4) is 5.75 Å². The number of hydrogen-bond donors (Lipinski definition) is 0.